The Balaban J connectivity index is 2.72. The topological polar surface area (TPSA) is 75.4 Å². The zero-order valence-electron chi connectivity index (χ0n) is 13.9. The van der Waals surface area contributed by atoms with Crippen molar-refractivity contribution >= 4 is 11.8 Å². The van der Waals surface area contributed by atoms with Gasteiger partial charge in [-0.2, -0.15) is 13.2 Å². The third-order valence-corrected chi connectivity index (χ3v) is 3.52. The Labute approximate surface area is 139 Å². The van der Waals surface area contributed by atoms with Crippen LogP contribution in [-0.2, 0) is 11.0 Å². The van der Waals surface area contributed by atoms with Gasteiger partial charge in [0.05, 0.1) is 17.7 Å². The molecule has 1 aromatic rings. The molecule has 3 N–H and O–H groups in total. The Morgan fingerprint density at radius 2 is 1.79 bits per heavy atom. The predicted molar refractivity (Wildman–Crippen MR) is 84.2 cm³/mol. The van der Waals surface area contributed by atoms with E-state index in [2.05, 4.69) is 5.32 Å². The number of carbonyl (C=O) groups is 2. The first-order valence-electron chi connectivity index (χ1n) is 7.36. The number of rotatable bonds is 6. The molecule has 0 heterocycles. The van der Waals surface area contributed by atoms with E-state index in [-0.39, 0.29) is 12.0 Å². The summed E-state index contributed by atoms with van der Waals surface area (Å²) in [7, 11) is 1.55. The molecule has 24 heavy (non-hydrogen) atoms. The molecule has 0 radical (unpaired) electrons. The van der Waals surface area contributed by atoms with E-state index in [1.165, 1.54) is 17.0 Å². The first-order chi connectivity index (χ1) is 11.0. The molecular weight excluding hydrogens is 323 g/mol. The molecule has 0 spiro atoms. The lowest BCUT2D eigenvalue weighted by molar-refractivity contribution is -0.137. The van der Waals surface area contributed by atoms with E-state index in [1.807, 2.05) is 13.8 Å². The van der Waals surface area contributed by atoms with Gasteiger partial charge in [0.25, 0.3) is 5.91 Å². The molecule has 0 unspecified atom stereocenters. The van der Waals surface area contributed by atoms with Crippen molar-refractivity contribution < 1.29 is 22.8 Å². The van der Waals surface area contributed by atoms with Crippen molar-refractivity contribution in [1.29, 1.82) is 0 Å². The van der Waals surface area contributed by atoms with Crippen molar-refractivity contribution in [3.8, 4) is 0 Å². The molecule has 0 bridgehead atoms. The quantitative estimate of drug-likeness (QED) is 0.827. The van der Waals surface area contributed by atoms with Crippen molar-refractivity contribution in [2.45, 2.75) is 20.0 Å². The number of carbonyl (C=O) groups excluding carboxylic acids is 2. The van der Waals surface area contributed by atoms with Gasteiger partial charge in [0, 0.05) is 13.6 Å². The molecule has 0 aliphatic rings. The molecule has 0 fully saturated rings. The number of amides is 2. The standard InChI is InChI=1S/C16H22F3N3O2/c1-15(2,9-20)10-22(3)13(23)8-21-14(24)11-6-4-5-7-12(11)16(17,18)19/h4-7H,8-10,20H2,1-3H3,(H,21,24). The number of benzene rings is 1. The number of alkyl halides is 3. The Morgan fingerprint density at radius 1 is 1.21 bits per heavy atom. The summed E-state index contributed by atoms with van der Waals surface area (Å²) in [6.45, 7) is 4.12. The molecule has 0 saturated carbocycles. The van der Waals surface area contributed by atoms with Gasteiger partial charge in [-0.3, -0.25) is 9.59 Å². The number of halogens is 3. The second-order valence-electron chi connectivity index (χ2n) is 6.34. The molecule has 5 nitrogen and oxygen atoms in total. The van der Waals surface area contributed by atoms with Crippen molar-refractivity contribution in [3.05, 3.63) is 35.4 Å². The van der Waals surface area contributed by atoms with Crippen LogP contribution in [0.4, 0.5) is 13.2 Å². The second kappa shape index (κ2) is 7.65. The maximum atomic E-state index is 12.9. The van der Waals surface area contributed by atoms with Crippen LogP contribution in [0.2, 0.25) is 0 Å². The van der Waals surface area contributed by atoms with E-state index >= 15 is 0 Å². The molecule has 134 valence electrons. The van der Waals surface area contributed by atoms with Gasteiger partial charge in [-0.1, -0.05) is 26.0 Å². The van der Waals surface area contributed by atoms with Crippen LogP contribution in [0.3, 0.4) is 0 Å². The van der Waals surface area contributed by atoms with E-state index in [0.717, 1.165) is 12.1 Å². The highest BCUT2D eigenvalue weighted by Crippen LogP contribution is 2.31. The average Bonchev–Trinajstić information content (AvgIpc) is 2.51. The summed E-state index contributed by atoms with van der Waals surface area (Å²) in [5, 5.41) is 2.23. The van der Waals surface area contributed by atoms with Crippen LogP contribution in [0.15, 0.2) is 24.3 Å². The Kier molecular flexibility index (Phi) is 6.36. The highest BCUT2D eigenvalue weighted by Gasteiger charge is 2.34. The maximum absolute atomic E-state index is 12.9. The summed E-state index contributed by atoms with van der Waals surface area (Å²) in [6.07, 6.45) is -4.64. The zero-order chi connectivity index (χ0) is 18.5. The highest BCUT2D eigenvalue weighted by molar-refractivity contribution is 5.97. The summed E-state index contributed by atoms with van der Waals surface area (Å²) in [6, 6.07) is 4.44. The number of nitrogens with two attached hydrogens (primary N) is 1. The van der Waals surface area contributed by atoms with Gasteiger partial charge in [0.1, 0.15) is 0 Å². The number of nitrogens with zero attached hydrogens (tertiary/aromatic N) is 1. The first-order valence-corrected chi connectivity index (χ1v) is 7.36. The third-order valence-electron chi connectivity index (χ3n) is 3.52. The van der Waals surface area contributed by atoms with Crippen LogP contribution in [0.5, 0.6) is 0 Å². The highest BCUT2D eigenvalue weighted by atomic mass is 19.4. The van der Waals surface area contributed by atoms with Crippen LogP contribution in [-0.4, -0.2) is 43.4 Å². The van der Waals surface area contributed by atoms with Gasteiger partial charge in [0.15, 0.2) is 0 Å². The molecule has 1 rings (SSSR count). The van der Waals surface area contributed by atoms with Crippen LogP contribution in [0, 0.1) is 5.41 Å². The minimum atomic E-state index is -4.64. The van der Waals surface area contributed by atoms with E-state index < -0.39 is 29.1 Å². The fourth-order valence-electron chi connectivity index (χ4n) is 2.11. The normalized spacial score (nSPS) is 12.0. The monoisotopic (exact) mass is 345 g/mol. The predicted octanol–water partition coefficient (Wildman–Crippen LogP) is 1.88. The Hall–Kier alpha value is -2.09. The number of nitrogens with one attached hydrogen (secondary N) is 1. The van der Waals surface area contributed by atoms with Gasteiger partial charge >= 0.3 is 6.18 Å². The number of hydrogen-bond donors (Lipinski definition) is 2. The molecule has 0 aromatic heterocycles. The maximum Gasteiger partial charge on any atom is 0.417 e. The molecule has 8 heteroatoms. The van der Waals surface area contributed by atoms with Gasteiger partial charge in [-0.15, -0.1) is 0 Å². The van der Waals surface area contributed by atoms with Gasteiger partial charge in [-0.05, 0) is 24.1 Å². The lowest BCUT2D eigenvalue weighted by Gasteiger charge is -2.29. The smallest absolute Gasteiger partial charge is 0.344 e. The van der Waals surface area contributed by atoms with E-state index in [4.69, 9.17) is 5.73 Å². The van der Waals surface area contributed by atoms with Crippen molar-refractivity contribution in [2.75, 3.05) is 26.7 Å². The third kappa shape index (κ3) is 5.52. The molecule has 1 aromatic carbocycles. The van der Waals surface area contributed by atoms with Crippen LogP contribution < -0.4 is 11.1 Å². The molecule has 0 aliphatic carbocycles. The summed E-state index contributed by atoms with van der Waals surface area (Å²) in [5.41, 5.74) is 3.76. The summed E-state index contributed by atoms with van der Waals surface area (Å²) in [5.74, 6) is -1.35. The van der Waals surface area contributed by atoms with Crippen molar-refractivity contribution in [2.24, 2.45) is 11.1 Å². The van der Waals surface area contributed by atoms with Gasteiger partial charge in [0.2, 0.25) is 5.91 Å². The fraction of sp³-hybridized carbons (Fsp3) is 0.500. The number of hydrogen-bond acceptors (Lipinski definition) is 3. The van der Waals surface area contributed by atoms with Crippen LogP contribution in [0.25, 0.3) is 0 Å². The second-order valence-corrected chi connectivity index (χ2v) is 6.34. The minimum absolute atomic E-state index is 0.294. The largest absolute Gasteiger partial charge is 0.417 e. The lowest BCUT2D eigenvalue weighted by Crippen LogP contribution is -2.44. The minimum Gasteiger partial charge on any atom is -0.344 e. The van der Waals surface area contributed by atoms with E-state index in [0.29, 0.717) is 13.1 Å². The summed E-state index contributed by atoms with van der Waals surface area (Å²) < 4.78 is 38.7. The van der Waals surface area contributed by atoms with E-state index in [1.54, 1.807) is 7.05 Å². The SMILES string of the molecule is CN(CC(C)(C)CN)C(=O)CNC(=O)c1ccccc1C(F)(F)F. The number of likely N-dealkylation sites (N-methyl/N-ethyl adjacent to an activating group) is 1. The summed E-state index contributed by atoms with van der Waals surface area (Å²) >= 11 is 0. The lowest BCUT2D eigenvalue weighted by atomic mass is 9.93. The van der Waals surface area contributed by atoms with Crippen LogP contribution in [0.1, 0.15) is 29.8 Å². The first kappa shape index (κ1) is 20.0. The molecule has 0 saturated heterocycles. The van der Waals surface area contributed by atoms with Crippen molar-refractivity contribution in [1.82, 2.24) is 10.2 Å². The van der Waals surface area contributed by atoms with Gasteiger partial charge in [-0.25, -0.2) is 0 Å². The van der Waals surface area contributed by atoms with Gasteiger partial charge < -0.3 is 16.0 Å². The average molecular weight is 345 g/mol. The molecule has 0 aliphatic heterocycles. The zero-order valence-corrected chi connectivity index (χ0v) is 13.9. The summed E-state index contributed by atoms with van der Waals surface area (Å²) in [4.78, 5) is 25.4. The molecular formula is C16H22F3N3O2. The molecule has 2 amide bonds. The van der Waals surface area contributed by atoms with Crippen LogP contribution >= 0.6 is 0 Å². The molecule has 0 atom stereocenters. The Morgan fingerprint density at radius 3 is 2.33 bits per heavy atom. The van der Waals surface area contributed by atoms with E-state index in [9.17, 15) is 22.8 Å². The Bertz CT molecular complexity index is 600. The van der Waals surface area contributed by atoms with Crippen molar-refractivity contribution in [3.63, 3.8) is 0 Å². The fourth-order valence-corrected chi connectivity index (χ4v) is 2.11.